The summed E-state index contributed by atoms with van der Waals surface area (Å²) < 4.78 is 0. The molecule has 0 aliphatic heterocycles. The van der Waals surface area contributed by atoms with E-state index in [0.717, 1.165) is 17.7 Å². The minimum atomic E-state index is -0.504. The number of halogens is 2. The van der Waals surface area contributed by atoms with Gasteiger partial charge in [0.25, 0.3) is 0 Å². The van der Waals surface area contributed by atoms with Crippen LogP contribution in [-0.4, -0.2) is 11.9 Å². The van der Waals surface area contributed by atoms with Gasteiger partial charge in [0.1, 0.15) is 0 Å². The Morgan fingerprint density at radius 3 is 2.44 bits per heavy atom. The van der Waals surface area contributed by atoms with Crippen LogP contribution in [-0.2, 0) is 6.54 Å². The maximum Gasteiger partial charge on any atom is 0.250 e. The molecule has 1 saturated carbocycles. The number of hydrogen-bond donors (Lipinski definition) is 2. The van der Waals surface area contributed by atoms with Gasteiger partial charge < -0.3 is 11.1 Å². The van der Waals surface area contributed by atoms with Crippen LogP contribution in [0.15, 0.2) is 42.5 Å². The highest BCUT2D eigenvalue weighted by Gasteiger charge is 2.26. The normalized spacial score (nSPS) is 16.6. The fourth-order valence-electron chi connectivity index (χ4n) is 3.62. The van der Waals surface area contributed by atoms with Gasteiger partial charge in [-0.2, -0.15) is 0 Å². The van der Waals surface area contributed by atoms with Gasteiger partial charge in [0.05, 0.1) is 10.6 Å². The summed E-state index contributed by atoms with van der Waals surface area (Å²) in [5, 5.41) is 4.09. The van der Waals surface area contributed by atoms with Crippen LogP contribution in [0.1, 0.15) is 55.5 Å². The molecule has 0 spiro atoms. The van der Waals surface area contributed by atoms with E-state index < -0.39 is 5.91 Å². The van der Waals surface area contributed by atoms with Crippen molar-refractivity contribution in [1.82, 2.24) is 5.32 Å². The molecule has 146 valence electrons. The van der Waals surface area contributed by atoms with Gasteiger partial charge in [-0.25, -0.2) is 0 Å². The van der Waals surface area contributed by atoms with E-state index in [1.165, 1.54) is 31.2 Å². The fraction of sp³-hybridized carbons (Fsp3) is 0.409. The SMILES string of the molecule is CC1(C)CCC(NCc2cccc(-c3ccc(C(N)=O)c(Cl)c3)c2)CC1.Cl. The molecule has 0 heterocycles. The Kier molecular flexibility index (Phi) is 7.32. The first kappa shape index (κ1) is 21.7. The monoisotopic (exact) mass is 406 g/mol. The summed E-state index contributed by atoms with van der Waals surface area (Å²) in [6.07, 6.45) is 5.07. The predicted octanol–water partition coefficient (Wildman–Crippen LogP) is 5.59. The van der Waals surface area contributed by atoms with E-state index >= 15 is 0 Å². The van der Waals surface area contributed by atoms with Crippen molar-refractivity contribution in [3.63, 3.8) is 0 Å². The second-order valence-electron chi connectivity index (χ2n) is 8.08. The molecule has 3 nitrogen and oxygen atoms in total. The highest BCUT2D eigenvalue weighted by atomic mass is 35.5. The van der Waals surface area contributed by atoms with Crippen molar-refractivity contribution in [2.45, 2.75) is 52.1 Å². The summed E-state index contributed by atoms with van der Waals surface area (Å²) in [6.45, 7) is 5.59. The van der Waals surface area contributed by atoms with Crippen LogP contribution in [0, 0.1) is 5.41 Å². The number of amides is 1. The molecular formula is C22H28Cl2N2O. The number of nitrogens with two attached hydrogens (primary N) is 1. The molecule has 1 amide bonds. The van der Waals surface area contributed by atoms with E-state index in [9.17, 15) is 4.79 Å². The van der Waals surface area contributed by atoms with Crippen molar-refractivity contribution >= 4 is 29.9 Å². The number of carbonyl (C=O) groups excluding carboxylic acids is 1. The zero-order chi connectivity index (χ0) is 18.7. The average molecular weight is 407 g/mol. The molecular weight excluding hydrogens is 379 g/mol. The lowest BCUT2D eigenvalue weighted by Crippen LogP contribution is -2.35. The predicted molar refractivity (Wildman–Crippen MR) is 116 cm³/mol. The molecule has 2 aromatic rings. The van der Waals surface area contributed by atoms with Gasteiger partial charge in [0.2, 0.25) is 5.91 Å². The molecule has 0 aromatic heterocycles. The Bertz CT molecular complexity index is 795. The summed E-state index contributed by atoms with van der Waals surface area (Å²) >= 11 is 6.19. The lowest BCUT2D eigenvalue weighted by atomic mass is 9.75. The first-order chi connectivity index (χ1) is 12.3. The molecule has 27 heavy (non-hydrogen) atoms. The molecule has 0 unspecified atom stereocenters. The van der Waals surface area contributed by atoms with Gasteiger partial charge in [-0.1, -0.05) is 49.7 Å². The quantitative estimate of drug-likeness (QED) is 0.679. The molecule has 0 atom stereocenters. The summed E-state index contributed by atoms with van der Waals surface area (Å²) in [6, 6.07) is 14.4. The zero-order valence-corrected chi connectivity index (χ0v) is 17.5. The summed E-state index contributed by atoms with van der Waals surface area (Å²) in [5.74, 6) is -0.504. The van der Waals surface area contributed by atoms with Gasteiger partial charge >= 0.3 is 0 Å². The molecule has 3 N–H and O–H groups in total. The van der Waals surface area contributed by atoms with E-state index in [1.807, 2.05) is 6.07 Å². The number of nitrogens with one attached hydrogen (secondary N) is 1. The van der Waals surface area contributed by atoms with E-state index in [-0.39, 0.29) is 12.4 Å². The van der Waals surface area contributed by atoms with Crippen LogP contribution < -0.4 is 11.1 Å². The van der Waals surface area contributed by atoms with Crippen molar-refractivity contribution in [3.8, 4) is 11.1 Å². The number of benzene rings is 2. The number of carbonyl (C=O) groups is 1. The maximum absolute atomic E-state index is 11.3. The molecule has 0 saturated heterocycles. The smallest absolute Gasteiger partial charge is 0.250 e. The first-order valence-electron chi connectivity index (χ1n) is 9.26. The van der Waals surface area contributed by atoms with Crippen LogP contribution in [0.3, 0.4) is 0 Å². The Balaban J connectivity index is 0.00000261. The van der Waals surface area contributed by atoms with Crippen LogP contribution >= 0.6 is 24.0 Å². The Morgan fingerprint density at radius 2 is 1.81 bits per heavy atom. The second kappa shape index (κ2) is 9.09. The number of hydrogen-bond acceptors (Lipinski definition) is 2. The third-order valence-corrected chi connectivity index (χ3v) is 5.74. The van der Waals surface area contributed by atoms with Gasteiger partial charge in [0.15, 0.2) is 0 Å². The molecule has 0 radical (unpaired) electrons. The Morgan fingerprint density at radius 1 is 1.15 bits per heavy atom. The lowest BCUT2D eigenvalue weighted by Gasteiger charge is -2.34. The van der Waals surface area contributed by atoms with Crippen LogP contribution in [0.2, 0.25) is 5.02 Å². The molecule has 3 rings (SSSR count). The lowest BCUT2D eigenvalue weighted by molar-refractivity contribution is 0.100. The average Bonchev–Trinajstić information content (AvgIpc) is 2.60. The van der Waals surface area contributed by atoms with E-state index in [2.05, 4.69) is 43.4 Å². The molecule has 0 bridgehead atoms. The van der Waals surface area contributed by atoms with E-state index in [1.54, 1.807) is 12.1 Å². The van der Waals surface area contributed by atoms with Gasteiger partial charge in [-0.05, 0) is 66.0 Å². The van der Waals surface area contributed by atoms with E-state index in [0.29, 0.717) is 22.0 Å². The van der Waals surface area contributed by atoms with Crippen LogP contribution in [0.4, 0.5) is 0 Å². The minimum Gasteiger partial charge on any atom is -0.366 e. The zero-order valence-electron chi connectivity index (χ0n) is 15.9. The third-order valence-electron chi connectivity index (χ3n) is 5.43. The Labute approximate surface area is 173 Å². The standard InChI is InChI=1S/C22H27ClN2O.ClH/c1-22(2)10-8-18(9-11-22)25-14-15-4-3-5-16(12-15)17-6-7-19(21(24)26)20(23)13-17;/h3-7,12-13,18,25H,8-11,14H2,1-2H3,(H2,24,26);1H. The van der Waals surface area contributed by atoms with Gasteiger partial charge in [-0.15, -0.1) is 12.4 Å². The van der Waals surface area contributed by atoms with E-state index in [4.69, 9.17) is 17.3 Å². The maximum atomic E-state index is 11.3. The van der Waals surface area contributed by atoms with Crippen molar-refractivity contribution in [2.24, 2.45) is 11.1 Å². The van der Waals surface area contributed by atoms with Crippen LogP contribution in [0.5, 0.6) is 0 Å². The van der Waals surface area contributed by atoms with Gasteiger partial charge in [-0.3, -0.25) is 4.79 Å². The van der Waals surface area contributed by atoms with Crippen molar-refractivity contribution in [2.75, 3.05) is 0 Å². The fourth-order valence-corrected chi connectivity index (χ4v) is 3.89. The van der Waals surface area contributed by atoms with Crippen molar-refractivity contribution < 1.29 is 4.79 Å². The van der Waals surface area contributed by atoms with Crippen LogP contribution in [0.25, 0.3) is 11.1 Å². The first-order valence-corrected chi connectivity index (χ1v) is 9.64. The molecule has 1 aliphatic carbocycles. The topological polar surface area (TPSA) is 55.1 Å². The summed E-state index contributed by atoms with van der Waals surface area (Å²) in [4.78, 5) is 11.3. The summed E-state index contributed by atoms with van der Waals surface area (Å²) in [5.41, 5.74) is 9.50. The second-order valence-corrected chi connectivity index (χ2v) is 8.49. The highest BCUT2D eigenvalue weighted by molar-refractivity contribution is 6.34. The number of rotatable bonds is 5. The Hall–Kier alpha value is -1.55. The minimum absolute atomic E-state index is 0. The largest absolute Gasteiger partial charge is 0.366 e. The molecule has 5 heteroatoms. The molecule has 2 aromatic carbocycles. The molecule has 1 aliphatic rings. The summed E-state index contributed by atoms with van der Waals surface area (Å²) in [7, 11) is 0. The van der Waals surface area contributed by atoms with Gasteiger partial charge in [0, 0.05) is 12.6 Å². The third kappa shape index (κ3) is 5.71. The molecule has 1 fully saturated rings. The van der Waals surface area contributed by atoms with Crippen molar-refractivity contribution in [3.05, 3.63) is 58.6 Å². The number of primary amides is 1. The highest BCUT2D eigenvalue weighted by Crippen LogP contribution is 2.35. The van der Waals surface area contributed by atoms with Crippen molar-refractivity contribution in [1.29, 1.82) is 0 Å².